The third-order valence-electron chi connectivity index (χ3n) is 3.59. The number of hydrogen-bond acceptors (Lipinski definition) is 2. The average molecular weight is 254 g/mol. The number of rotatable bonds is 3. The first-order valence-corrected chi connectivity index (χ1v) is 6.57. The van der Waals surface area contributed by atoms with E-state index >= 15 is 0 Å². The van der Waals surface area contributed by atoms with E-state index in [2.05, 4.69) is 19.2 Å². The first-order valence-electron chi connectivity index (χ1n) is 6.57. The van der Waals surface area contributed by atoms with Crippen molar-refractivity contribution in [1.82, 2.24) is 5.32 Å². The van der Waals surface area contributed by atoms with Crippen LogP contribution in [0.2, 0.25) is 0 Å². The lowest BCUT2D eigenvalue weighted by Gasteiger charge is -2.39. The highest BCUT2D eigenvalue weighted by molar-refractivity contribution is 5.49. The molecule has 0 saturated carbocycles. The summed E-state index contributed by atoms with van der Waals surface area (Å²) < 4.78 is 27.0. The Morgan fingerprint density at radius 3 is 2.83 bits per heavy atom. The van der Waals surface area contributed by atoms with Crippen molar-refractivity contribution in [1.29, 1.82) is 0 Å². The third kappa shape index (κ3) is 2.80. The molecular formula is C14H20F2N2. The standard InChI is InChI=1S/C14H20F2N2/c1-3-17-12-6-7-18(10(2)8-12)14-9-11(15)4-5-13(14)16/h4-5,9-10,12,17H,3,6-8H2,1-2H3. The minimum atomic E-state index is -0.382. The summed E-state index contributed by atoms with van der Waals surface area (Å²) >= 11 is 0. The normalized spacial score (nSPS) is 24.3. The summed E-state index contributed by atoms with van der Waals surface area (Å²) in [7, 11) is 0. The Morgan fingerprint density at radius 1 is 1.39 bits per heavy atom. The van der Waals surface area contributed by atoms with Crippen LogP contribution in [0.25, 0.3) is 0 Å². The van der Waals surface area contributed by atoms with Crippen LogP contribution < -0.4 is 10.2 Å². The molecule has 2 atom stereocenters. The second-order valence-electron chi connectivity index (χ2n) is 4.92. The van der Waals surface area contributed by atoms with Crippen LogP contribution in [0.3, 0.4) is 0 Å². The molecule has 4 heteroatoms. The van der Waals surface area contributed by atoms with Crippen LogP contribution in [0.15, 0.2) is 18.2 Å². The van der Waals surface area contributed by atoms with Gasteiger partial charge >= 0.3 is 0 Å². The zero-order valence-electron chi connectivity index (χ0n) is 10.9. The molecule has 0 amide bonds. The number of hydrogen-bond donors (Lipinski definition) is 1. The van der Waals surface area contributed by atoms with Gasteiger partial charge in [-0.05, 0) is 38.4 Å². The summed E-state index contributed by atoms with van der Waals surface area (Å²) in [5, 5.41) is 3.42. The van der Waals surface area contributed by atoms with Crippen molar-refractivity contribution >= 4 is 5.69 Å². The summed E-state index contributed by atoms with van der Waals surface area (Å²) in [4.78, 5) is 1.96. The summed E-state index contributed by atoms with van der Waals surface area (Å²) in [6.07, 6.45) is 1.93. The van der Waals surface area contributed by atoms with Gasteiger partial charge in [0.05, 0.1) is 5.69 Å². The molecule has 0 bridgehead atoms. The molecule has 0 spiro atoms. The predicted octanol–water partition coefficient (Wildman–Crippen LogP) is 2.93. The highest BCUT2D eigenvalue weighted by Gasteiger charge is 2.26. The zero-order chi connectivity index (χ0) is 13.1. The second kappa shape index (κ2) is 5.65. The lowest BCUT2D eigenvalue weighted by Crippen LogP contribution is -2.47. The van der Waals surface area contributed by atoms with Gasteiger partial charge in [0.25, 0.3) is 0 Å². The Morgan fingerprint density at radius 2 is 2.17 bits per heavy atom. The SMILES string of the molecule is CCNC1CCN(c2cc(F)ccc2F)C(C)C1. The maximum atomic E-state index is 13.7. The first-order chi connectivity index (χ1) is 8.61. The van der Waals surface area contributed by atoms with E-state index in [9.17, 15) is 8.78 Å². The van der Waals surface area contributed by atoms with Crippen LogP contribution >= 0.6 is 0 Å². The molecule has 1 N–H and O–H groups in total. The number of halogens is 2. The molecular weight excluding hydrogens is 234 g/mol. The van der Waals surface area contributed by atoms with Crippen molar-refractivity contribution in [3.05, 3.63) is 29.8 Å². The Balaban J connectivity index is 2.12. The van der Waals surface area contributed by atoms with E-state index in [1.54, 1.807) is 0 Å². The molecule has 1 saturated heterocycles. The first kappa shape index (κ1) is 13.3. The molecule has 1 aliphatic rings. The monoisotopic (exact) mass is 254 g/mol. The van der Waals surface area contributed by atoms with Crippen LogP contribution in [0.1, 0.15) is 26.7 Å². The predicted molar refractivity (Wildman–Crippen MR) is 69.9 cm³/mol. The van der Waals surface area contributed by atoms with Gasteiger partial charge in [-0.3, -0.25) is 0 Å². The molecule has 1 fully saturated rings. The van der Waals surface area contributed by atoms with Gasteiger partial charge in [-0.1, -0.05) is 6.92 Å². The van der Waals surface area contributed by atoms with Gasteiger partial charge in [0, 0.05) is 24.7 Å². The summed E-state index contributed by atoms with van der Waals surface area (Å²) in [6, 6.07) is 4.36. The van der Waals surface area contributed by atoms with Gasteiger partial charge in [0.2, 0.25) is 0 Å². The third-order valence-corrected chi connectivity index (χ3v) is 3.59. The van der Waals surface area contributed by atoms with E-state index in [-0.39, 0.29) is 17.7 Å². The van der Waals surface area contributed by atoms with Crippen molar-refractivity contribution in [3.63, 3.8) is 0 Å². The zero-order valence-corrected chi connectivity index (χ0v) is 10.9. The highest BCUT2D eigenvalue weighted by atomic mass is 19.1. The second-order valence-corrected chi connectivity index (χ2v) is 4.92. The molecule has 2 rings (SSSR count). The minimum absolute atomic E-state index is 0.221. The van der Waals surface area contributed by atoms with E-state index in [1.807, 2.05) is 4.90 Å². The van der Waals surface area contributed by atoms with Gasteiger partial charge in [-0.15, -0.1) is 0 Å². The van der Waals surface area contributed by atoms with Gasteiger partial charge in [0.1, 0.15) is 11.6 Å². The van der Waals surface area contributed by atoms with E-state index in [1.165, 1.54) is 12.1 Å². The number of anilines is 1. The molecule has 0 aromatic heterocycles. The summed E-state index contributed by atoms with van der Waals surface area (Å²) in [5.74, 6) is -0.724. The maximum absolute atomic E-state index is 13.7. The molecule has 1 aromatic carbocycles. The van der Waals surface area contributed by atoms with Crippen LogP contribution in [0, 0.1) is 11.6 Å². The van der Waals surface area contributed by atoms with Crippen molar-refractivity contribution in [2.75, 3.05) is 18.0 Å². The Kier molecular flexibility index (Phi) is 4.17. The minimum Gasteiger partial charge on any atom is -0.366 e. The largest absolute Gasteiger partial charge is 0.366 e. The summed E-state index contributed by atoms with van der Waals surface area (Å²) in [6.45, 7) is 5.86. The fourth-order valence-corrected chi connectivity index (χ4v) is 2.71. The van der Waals surface area contributed by atoms with E-state index < -0.39 is 0 Å². The molecule has 100 valence electrons. The van der Waals surface area contributed by atoms with E-state index in [0.717, 1.165) is 32.0 Å². The maximum Gasteiger partial charge on any atom is 0.146 e. The van der Waals surface area contributed by atoms with Crippen LogP contribution in [0.4, 0.5) is 14.5 Å². The Hall–Kier alpha value is -1.16. The lowest BCUT2D eigenvalue weighted by atomic mass is 9.97. The fraction of sp³-hybridized carbons (Fsp3) is 0.571. The Labute approximate surface area is 107 Å². The number of benzene rings is 1. The molecule has 1 aromatic rings. The molecule has 1 heterocycles. The molecule has 0 radical (unpaired) electrons. The van der Waals surface area contributed by atoms with Crippen molar-refractivity contribution in [2.45, 2.75) is 38.8 Å². The van der Waals surface area contributed by atoms with E-state index in [0.29, 0.717) is 11.7 Å². The Bertz CT molecular complexity index is 409. The highest BCUT2D eigenvalue weighted by Crippen LogP contribution is 2.27. The topological polar surface area (TPSA) is 15.3 Å². The number of nitrogens with zero attached hydrogens (tertiary/aromatic N) is 1. The van der Waals surface area contributed by atoms with Crippen LogP contribution in [-0.2, 0) is 0 Å². The molecule has 18 heavy (non-hydrogen) atoms. The van der Waals surface area contributed by atoms with Crippen molar-refractivity contribution in [2.24, 2.45) is 0 Å². The smallest absolute Gasteiger partial charge is 0.146 e. The van der Waals surface area contributed by atoms with Crippen molar-refractivity contribution < 1.29 is 8.78 Å². The number of piperidine rings is 1. The molecule has 1 aliphatic heterocycles. The molecule has 0 aliphatic carbocycles. The average Bonchev–Trinajstić information content (AvgIpc) is 2.33. The van der Waals surface area contributed by atoms with Gasteiger partial charge in [-0.25, -0.2) is 8.78 Å². The van der Waals surface area contributed by atoms with E-state index in [4.69, 9.17) is 0 Å². The van der Waals surface area contributed by atoms with Crippen molar-refractivity contribution in [3.8, 4) is 0 Å². The lowest BCUT2D eigenvalue weighted by molar-refractivity contribution is 0.371. The van der Waals surface area contributed by atoms with Gasteiger partial charge in [0.15, 0.2) is 0 Å². The van der Waals surface area contributed by atoms with Gasteiger partial charge in [-0.2, -0.15) is 0 Å². The summed E-state index contributed by atoms with van der Waals surface area (Å²) in [5.41, 5.74) is 0.387. The molecule has 2 nitrogen and oxygen atoms in total. The number of nitrogens with one attached hydrogen (secondary N) is 1. The molecule has 2 unspecified atom stereocenters. The quantitative estimate of drug-likeness (QED) is 0.892. The fourth-order valence-electron chi connectivity index (χ4n) is 2.71. The van der Waals surface area contributed by atoms with Gasteiger partial charge < -0.3 is 10.2 Å². The van der Waals surface area contributed by atoms with Crippen LogP contribution in [0.5, 0.6) is 0 Å². The van der Waals surface area contributed by atoms with Crippen LogP contribution in [-0.4, -0.2) is 25.2 Å².